The van der Waals surface area contributed by atoms with Crippen molar-refractivity contribution in [2.75, 3.05) is 6.61 Å². The lowest BCUT2D eigenvalue weighted by molar-refractivity contribution is -0.123. The second-order valence-electron chi connectivity index (χ2n) is 6.02. The number of nitrogens with one attached hydrogen (secondary N) is 2. The van der Waals surface area contributed by atoms with Crippen molar-refractivity contribution in [1.82, 2.24) is 20.0 Å². The Kier molecular flexibility index (Phi) is 5.27. The van der Waals surface area contributed by atoms with E-state index in [0.717, 1.165) is 25.7 Å². The van der Waals surface area contributed by atoms with Crippen molar-refractivity contribution in [2.45, 2.75) is 38.1 Å². The average Bonchev–Trinajstić information content (AvgIpc) is 3.04. The Bertz CT molecular complexity index is 747. The van der Waals surface area contributed by atoms with E-state index in [9.17, 15) is 14.4 Å². The number of imidazole rings is 1. The highest BCUT2D eigenvalue weighted by Gasteiger charge is 2.18. The Hall–Kier alpha value is -2.90. The first kappa shape index (κ1) is 16.9. The predicted octanol–water partition coefficient (Wildman–Crippen LogP) is 1.65. The summed E-state index contributed by atoms with van der Waals surface area (Å²) < 4.78 is 6.58. The SMILES string of the molecule is O=C(COC(=O)c1cn2ccccc2n1)NC(=O)NC1CCCCC1. The molecule has 2 N–H and O–H groups in total. The molecular formula is C17H20N4O4. The predicted molar refractivity (Wildman–Crippen MR) is 89.0 cm³/mol. The average molecular weight is 344 g/mol. The summed E-state index contributed by atoms with van der Waals surface area (Å²) in [6.45, 7) is -0.537. The van der Waals surface area contributed by atoms with E-state index in [1.165, 1.54) is 12.6 Å². The number of fused-ring (bicyclic) bond motifs is 1. The quantitative estimate of drug-likeness (QED) is 0.821. The zero-order valence-electron chi connectivity index (χ0n) is 13.7. The van der Waals surface area contributed by atoms with Crippen LogP contribution in [0.2, 0.25) is 0 Å². The fraction of sp³-hybridized carbons (Fsp3) is 0.412. The summed E-state index contributed by atoms with van der Waals surface area (Å²) in [5.41, 5.74) is 0.705. The normalized spacial score (nSPS) is 14.9. The van der Waals surface area contributed by atoms with Gasteiger partial charge in [0, 0.05) is 18.4 Å². The minimum atomic E-state index is -0.716. The van der Waals surface area contributed by atoms with E-state index in [1.54, 1.807) is 22.7 Å². The van der Waals surface area contributed by atoms with Crippen molar-refractivity contribution in [3.05, 3.63) is 36.3 Å². The Balaban J connectivity index is 1.44. The molecule has 3 rings (SSSR count). The van der Waals surface area contributed by atoms with Gasteiger partial charge in [-0.25, -0.2) is 14.6 Å². The number of carbonyl (C=O) groups is 3. The summed E-state index contributed by atoms with van der Waals surface area (Å²) in [5.74, 6) is -1.39. The molecule has 2 heterocycles. The standard InChI is InChI=1S/C17H20N4O4/c22-15(20-17(24)18-12-6-2-1-3-7-12)11-25-16(23)13-10-21-9-5-4-8-14(21)19-13/h4-5,8-10,12H,1-3,6-7,11H2,(H2,18,20,22,24). The van der Waals surface area contributed by atoms with E-state index in [1.807, 2.05) is 6.07 Å². The van der Waals surface area contributed by atoms with Crippen molar-refractivity contribution in [2.24, 2.45) is 0 Å². The second-order valence-corrected chi connectivity index (χ2v) is 6.02. The number of imide groups is 1. The molecule has 132 valence electrons. The molecule has 2 aromatic rings. The van der Waals surface area contributed by atoms with Crippen molar-refractivity contribution >= 4 is 23.6 Å². The lowest BCUT2D eigenvalue weighted by Gasteiger charge is -2.22. The number of ether oxygens (including phenoxy) is 1. The first-order chi connectivity index (χ1) is 12.1. The van der Waals surface area contributed by atoms with Gasteiger partial charge < -0.3 is 14.5 Å². The van der Waals surface area contributed by atoms with Gasteiger partial charge in [-0.1, -0.05) is 25.3 Å². The van der Waals surface area contributed by atoms with Crippen LogP contribution in [0.4, 0.5) is 4.79 Å². The summed E-state index contributed by atoms with van der Waals surface area (Å²) in [6.07, 6.45) is 8.45. The van der Waals surface area contributed by atoms with Crippen molar-refractivity contribution in [3.63, 3.8) is 0 Å². The zero-order chi connectivity index (χ0) is 17.6. The molecule has 8 heteroatoms. The molecule has 1 aliphatic rings. The summed E-state index contributed by atoms with van der Waals surface area (Å²) in [7, 11) is 0. The number of nitrogens with zero attached hydrogens (tertiary/aromatic N) is 2. The van der Waals surface area contributed by atoms with Gasteiger partial charge in [0.15, 0.2) is 12.3 Å². The number of amides is 3. The van der Waals surface area contributed by atoms with Crippen LogP contribution < -0.4 is 10.6 Å². The van der Waals surface area contributed by atoms with Gasteiger partial charge in [0.2, 0.25) is 0 Å². The van der Waals surface area contributed by atoms with Crippen LogP contribution in [0.15, 0.2) is 30.6 Å². The Morgan fingerprint density at radius 3 is 2.76 bits per heavy atom. The van der Waals surface area contributed by atoms with Gasteiger partial charge in [-0.05, 0) is 25.0 Å². The largest absolute Gasteiger partial charge is 0.451 e. The lowest BCUT2D eigenvalue weighted by atomic mass is 9.96. The molecule has 0 bridgehead atoms. The first-order valence-corrected chi connectivity index (χ1v) is 8.33. The minimum absolute atomic E-state index is 0.0991. The van der Waals surface area contributed by atoms with Gasteiger partial charge in [0.1, 0.15) is 5.65 Å². The van der Waals surface area contributed by atoms with Crippen molar-refractivity contribution in [3.8, 4) is 0 Å². The van der Waals surface area contributed by atoms with Gasteiger partial charge in [-0.2, -0.15) is 0 Å². The molecule has 2 aromatic heterocycles. The summed E-state index contributed by atoms with van der Waals surface area (Å²) in [4.78, 5) is 39.5. The van der Waals surface area contributed by atoms with Gasteiger partial charge >= 0.3 is 12.0 Å². The molecule has 3 amide bonds. The molecule has 0 aromatic carbocycles. The fourth-order valence-electron chi connectivity index (χ4n) is 2.87. The molecule has 8 nitrogen and oxygen atoms in total. The highest BCUT2D eigenvalue weighted by Crippen LogP contribution is 2.17. The number of esters is 1. The molecule has 0 spiro atoms. The number of rotatable bonds is 4. The Morgan fingerprint density at radius 2 is 2.00 bits per heavy atom. The molecular weight excluding hydrogens is 324 g/mol. The van der Waals surface area contributed by atoms with Crippen LogP contribution in [0, 0.1) is 0 Å². The van der Waals surface area contributed by atoms with E-state index < -0.39 is 24.5 Å². The monoisotopic (exact) mass is 344 g/mol. The minimum Gasteiger partial charge on any atom is -0.451 e. The molecule has 25 heavy (non-hydrogen) atoms. The van der Waals surface area contributed by atoms with Crippen LogP contribution in [-0.2, 0) is 9.53 Å². The number of pyridine rings is 1. The summed E-state index contributed by atoms with van der Waals surface area (Å²) in [6, 6.07) is 4.90. The van der Waals surface area contributed by atoms with E-state index in [-0.39, 0.29) is 11.7 Å². The number of carbonyl (C=O) groups excluding carboxylic acids is 3. The Labute approximate surface area is 144 Å². The van der Waals surface area contributed by atoms with Crippen LogP contribution in [0.3, 0.4) is 0 Å². The number of aromatic nitrogens is 2. The summed E-state index contributed by atoms with van der Waals surface area (Å²) in [5, 5.41) is 4.93. The summed E-state index contributed by atoms with van der Waals surface area (Å²) >= 11 is 0. The van der Waals surface area contributed by atoms with Crippen molar-refractivity contribution in [1.29, 1.82) is 0 Å². The highest BCUT2D eigenvalue weighted by atomic mass is 16.5. The topological polar surface area (TPSA) is 102 Å². The van der Waals surface area contributed by atoms with Crippen LogP contribution >= 0.6 is 0 Å². The van der Waals surface area contributed by atoms with E-state index in [0.29, 0.717) is 5.65 Å². The molecule has 0 atom stereocenters. The van der Waals surface area contributed by atoms with Crippen molar-refractivity contribution < 1.29 is 19.1 Å². The van der Waals surface area contributed by atoms with Crippen LogP contribution in [0.5, 0.6) is 0 Å². The second kappa shape index (κ2) is 7.78. The van der Waals surface area contributed by atoms with Crippen LogP contribution in [0.1, 0.15) is 42.6 Å². The molecule has 1 aliphatic carbocycles. The molecule has 1 fully saturated rings. The van der Waals surface area contributed by atoms with Gasteiger partial charge in [0.25, 0.3) is 5.91 Å². The van der Waals surface area contributed by atoms with E-state index >= 15 is 0 Å². The number of hydrogen-bond donors (Lipinski definition) is 2. The fourth-order valence-corrected chi connectivity index (χ4v) is 2.87. The maximum atomic E-state index is 11.9. The van der Waals surface area contributed by atoms with Crippen LogP contribution in [-0.4, -0.2) is 39.9 Å². The molecule has 0 aliphatic heterocycles. The van der Waals surface area contributed by atoms with Gasteiger partial charge in [-0.3, -0.25) is 10.1 Å². The Morgan fingerprint density at radius 1 is 1.20 bits per heavy atom. The van der Waals surface area contributed by atoms with Gasteiger partial charge in [-0.15, -0.1) is 0 Å². The third-order valence-electron chi connectivity index (χ3n) is 4.10. The molecule has 0 saturated heterocycles. The maximum absolute atomic E-state index is 11.9. The van der Waals surface area contributed by atoms with E-state index in [2.05, 4.69) is 15.6 Å². The lowest BCUT2D eigenvalue weighted by Crippen LogP contribution is -2.46. The number of urea groups is 1. The van der Waals surface area contributed by atoms with Crippen LogP contribution in [0.25, 0.3) is 5.65 Å². The zero-order valence-corrected chi connectivity index (χ0v) is 13.7. The van der Waals surface area contributed by atoms with Gasteiger partial charge in [0.05, 0.1) is 0 Å². The highest BCUT2D eigenvalue weighted by molar-refractivity contribution is 5.96. The number of hydrogen-bond acceptors (Lipinski definition) is 5. The van der Waals surface area contributed by atoms with E-state index in [4.69, 9.17) is 4.74 Å². The molecule has 1 saturated carbocycles. The smallest absolute Gasteiger partial charge is 0.359 e. The maximum Gasteiger partial charge on any atom is 0.359 e. The molecule has 0 radical (unpaired) electrons. The third kappa shape index (κ3) is 4.56. The molecule has 0 unspecified atom stereocenters. The first-order valence-electron chi connectivity index (χ1n) is 8.33. The third-order valence-corrected chi connectivity index (χ3v) is 4.10.